The molecule has 1 atom stereocenters. The standard InChI is InChI=1S/C10H14Cl2N2O2S2/c1-2-14(7-3-4-13-6-7)18(15,16)8-5-9(11)17-10(8)12/h5,7,13H,2-4,6H2,1H3. The minimum absolute atomic E-state index is 0.00487. The van der Waals surface area contributed by atoms with Crippen molar-refractivity contribution in [1.29, 1.82) is 0 Å². The molecule has 4 nitrogen and oxygen atoms in total. The molecule has 1 aromatic rings. The van der Waals surface area contributed by atoms with E-state index in [0.717, 1.165) is 24.3 Å². The van der Waals surface area contributed by atoms with Gasteiger partial charge in [0.15, 0.2) is 0 Å². The maximum Gasteiger partial charge on any atom is 0.245 e. The number of likely N-dealkylation sites (N-methyl/N-ethyl adjacent to an activating group) is 1. The Kier molecular flexibility index (Phi) is 4.57. The lowest BCUT2D eigenvalue weighted by Gasteiger charge is -2.25. The fourth-order valence-corrected chi connectivity index (χ4v) is 5.91. The van der Waals surface area contributed by atoms with E-state index in [9.17, 15) is 8.42 Å². The second-order valence-electron chi connectivity index (χ2n) is 4.04. The molecule has 0 aliphatic carbocycles. The third-order valence-electron chi connectivity index (χ3n) is 2.97. The van der Waals surface area contributed by atoms with Crippen LogP contribution in [0.2, 0.25) is 8.67 Å². The van der Waals surface area contributed by atoms with Gasteiger partial charge in [0.2, 0.25) is 10.0 Å². The topological polar surface area (TPSA) is 49.4 Å². The van der Waals surface area contributed by atoms with Crippen LogP contribution in [0.5, 0.6) is 0 Å². The monoisotopic (exact) mass is 328 g/mol. The van der Waals surface area contributed by atoms with E-state index < -0.39 is 10.0 Å². The Morgan fingerprint density at radius 2 is 2.28 bits per heavy atom. The van der Waals surface area contributed by atoms with Gasteiger partial charge in [0.25, 0.3) is 0 Å². The van der Waals surface area contributed by atoms with Crippen molar-refractivity contribution in [3.8, 4) is 0 Å². The lowest BCUT2D eigenvalue weighted by molar-refractivity contribution is 0.349. The van der Waals surface area contributed by atoms with Gasteiger partial charge in [-0.3, -0.25) is 0 Å². The highest BCUT2D eigenvalue weighted by molar-refractivity contribution is 7.89. The van der Waals surface area contributed by atoms with Gasteiger partial charge >= 0.3 is 0 Å². The summed E-state index contributed by atoms with van der Waals surface area (Å²) in [6.07, 6.45) is 0.822. The van der Waals surface area contributed by atoms with Crippen LogP contribution in [0.1, 0.15) is 13.3 Å². The van der Waals surface area contributed by atoms with Crippen molar-refractivity contribution in [1.82, 2.24) is 9.62 Å². The summed E-state index contributed by atoms with van der Waals surface area (Å²) < 4.78 is 27.2. The van der Waals surface area contributed by atoms with E-state index >= 15 is 0 Å². The largest absolute Gasteiger partial charge is 0.315 e. The summed E-state index contributed by atoms with van der Waals surface area (Å²) in [5.74, 6) is 0. The predicted molar refractivity (Wildman–Crippen MR) is 75.2 cm³/mol. The van der Waals surface area contributed by atoms with E-state index in [1.807, 2.05) is 6.92 Å². The summed E-state index contributed by atoms with van der Waals surface area (Å²) in [4.78, 5) is 0.118. The molecule has 1 unspecified atom stereocenters. The maximum absolute atomic E-state index is 12.5. The molecule has 0 saturated carbocycles. The quantitative estimate of drug-likeness (QED) is 0.923. The van der Waals surface area contributed by atoms with E-state index in [4.69, 9.17) is 23.2 Å². The number of nitrogens with zero attached hydrogens (tertiary/aromatic N) is 1. The number of hydrogen-bond acceptors (Lipinski definition) is 4. The number of thiophene rings is 1. The zero-order valence-electron chi connectivity index (χ0n) is 9.82. The zero-order valence-corrected chi connectivity index (χ0v) is 13.0. The molecule has 8 heteroatoms. The number of nitrogens with one attached hydrogen (secondary N) is 1. The predicted octanol–water partition coefficient (Wildman–Crippen LogP) is 2.43. The number of hydrogen-bond donors (Lipinski definition) is 1. The van der Waals surface area contributed by atoms with Gasteiger partial charge in [-0.05, 0) is 19.0 Å². The molecule has 1 fully saturated rings. The molecule has 1 saturated heterocycles. The van der Waals surface area contributed by atoms with Gasteiger partial charge in [-0.25, -0.2) is 8.42 Å². The minimum atomic E-state index is -3.56. The van der Waals surface area contributed by atoms with Gasteiger partial charge in [0, 0.05) is 19.1 Å². The fraction of sp³-hybridized carbons (Fsp3) is 0.600. The van der Waals surface area contributed by atoms with Crippen LogP contribution in [-0.4, -0.2) is 38.4 Å². The third kappa shape index (κ3) is 2.69. The number of rotatable bonds is 4. The van der Waals surface area contributed by atoms with Crippen LogP contribution in [-0.2, 0) is 10.0 Å². The first-order valence-corrected chi connectivity index (χ1v) is 8.65. The van der Waals surface area contributed by atoms with Crippen LogP contribution in [0.3, 0.4) is 0 Å². The molecule has 1 aliphatic rings. The Morgan fingerprint density at radius 1 is 1.56 bits per heavy atom. The fourth-order valence-electron chi connectivity index (χ4n) is 2.14. The molecule has 2 heterocycles. The van der Waals surface area contributed by atoms with Crippen molar-refractivity contribution in [2.45, 2.75) is 24.3 Å². The highest BCUT2D eigenvalue weighted by Gasteiger charge is 2.34. The molecule has 102 valence electrons. The minimum Gasteiger partial charge on any atom is -0.315 e. The van der Waals surface area contributed by atoms with E-state index in [2.05, 4.69) is 5.32 Å². The van der Waals surface area contributed by atoms with Crippen molar-refractivity contribution in [2.75, 3.05) is 19.6 Å². The van der Waals surface area contributed by atoms with E-state index in [-0.39, 0.29) is 15.3 Å². The smallest absolute Gasteiger partial charge is 0.245 e. The Balaban J connectivity index is 2.36. The first-order chi connectivity index (χ1) is 8.46. The Bertz CT molecular complexity index is 524. The van der Waals surface area contributed by atoms with Gasteiger partial charge in [0.1, 0.15) is 9.23 Å². The molecule has 0 bridgehead atoms. The summed E-state index contributed by atoms with van der Waals surface area (Å²) >= 11 is 12.8. The van der Waals surface area contributed by atoms with E-state index in [0.29, 0.717) is 17.4 Å². The second kappa shape index (κ2) is 5.64. The van der Waals surface area contributed by atoms with Gasteiger partial charge in [-0.15, -0.1) is 11.3 Å². The van der Waals surface area contributed by atoms with Crippen molar-refractivity contribution in [2.24, 2.45) is 0 Å². The summed E-state index contributed by atoms with van der Waals surface area (Å²) in [5, 5.41) is 3.17. The van der Waals surface area contributed by atoms with Gasteiger partial charge < -0.3 is 5.32 Å². The molecule has 0 aromatic carbocycles. The summed E-state index contributed by atoms with van der Waals surface area (Å²) in [5.41, 5.74) is 0. The molecular formula is C10H14Cl2N2O2S2. The first-order valence-electron chi connectivity index (χ1n) is 5.64. The van der Waals surface area contributed by atoms with Gasteiger partial charge in [-0.2, -0.15) is 4.31 Å². The van der Waals surface area contributed by atoms with Gasteiger partial charge in [0.05, 0.1) is 4.34 Å². The molecule has 1 N–H and O–H groups in total. The Hall–Kier alpha value is 0.150. The highest BCUT2D eigenvalue weighted by Crippen LogP contribution is 2.36. The lowest BCUT2D eigenvalue weighted by Crippen LogP contribution is -2.41. The number of halogens is 2. The van der Waals surface area contributed by atoms with Gasteiger partial charge in [-0.1, -0.05) is 30.1 Å². The Labute approximate surface area is 121 Å². The molecule has 0 spiro atoms. The molecule has 18 heavy (non-hydrogen) atoms. The lowest BCUT2D eigenvalue weighted by atomic mass is 10.3. The maximum atomic E-state index is 12.5. The molecule has 0 amide bonds. The number of sulfonamides is 1. The molecule has 1 aliphatic heterocycles. The summed E-state index contributed by atoms with van der Waals surface area (Å²) in [6.45, 7) is 3.79. The van der Waals surface area contributed by atoms with E-state index in [1.54, 1.807) is 0 Å². The highest BCUT2D eigenvalue weighted by atomic mass is 35.5. The van der Waals surface area contributed by atoms with Crippen LogP contribution < -0.4 is 5.32 Å². The van der Waals surface area contributed by atoms with Crippen LogP contribution in [0.15, 0.2) is 11.0 Å². The summed E-state index contributed by atoms with van der Waals surface area (Å²) in [7, 11) is -3.56. The molecule has 2 rings (SSSR count). The van der Waals surface area contributed by atoms with Crippen LogP contribution >= 0.6 is 34.5 Å². The molecule has 0 radical (unpaired) electrons. The Morgan fingerprint density at radius 3 is 2.72 bits per heavy atom. The third-order valence-corrected chi connectivity index (χ3v) is 6.75. The van der Waals surface area contributed by atoms with Crippen molar-refractivity contribution in [3.63, 3.8) is 0 Å². The van der Waals surface area contributed by atoms with Crippen molar-refractivity contribution < 1.29 is 8.42 Å². The van der Waals surface area contributed by atoms with Crippen LogP contribution in [0, 0.1) is 0 Å². The molecule has 1 aromatic heterocycles. The summed E-state index contributed by atoms with van der Waals surface area (Å²) in [6, 6.07) is 1.42. The molecular weight excluding hydrogens is 315 g/mol. The average Bonchev–Trinajstić information content (AvgIpc) is 2.89. The average molecular weight is 329 g/mol. The SMILES string of the molecule is CCN(C1CCNC1)S(=O)(=O)c1cc(Cl)sc1Cl. The van der Waals surface area contributed by atoms with E-state index in [1.165, 1.54) is 10.4 Å². The van der Waals surface area contributed by atoms with Crippen molar-refractivity contribution >= 4 is 44.6 Å². The van der Waals surface area contributed by atoms with Crippen LogP contribution in [0.25, 0.3) is 0 Å². The van der Waals surface area contributed by atoms with Crippen LogP contribution in [0.4, 0.5) is 0 Å². The first kappa shape index (κ1) is 14.6. The zero-order chi connectivity index (χ0) is 13.3. The normalized spacial score (nSPS) is 20.8. The van der Waals surface area contributed by atoms with Crippen molar-refractivity contribution in [3.05, 3.63) is 14.7 Å². The second-order valence-corrected chi connectivity index (χ2v) is 8.19.